The summed E-state index contributed by atoms with van der Waals surface area (Å²) in [6.07, 6.45) is 8.36. The molecule has 2 heteroatoms. The molecule has 2 nitrogen and oxygen atoms in total. The van der Waals surface area contributed by atoms with E-state index < -0.39 is 0 Å². The minimum Gasteiger partial charge on any atom is -0.455 e. The van der Waals surface area contributed by atoms with Crippen LogP contribution in [-0.4, -0.2) is 11.6 Å². The quantitative estimate of drug-likeness (QED) is 0.553. The number of carbonyl (C=O) groups is 1. The van der Waals surface area contributed by atoms with Gasteiger partial charge in [0.25, 0.3) is 0 Å². The summed E-state index contributed by atoms with van der Waals surface area (Å²) >= 11 is 0. The second-order valence-corrected chi connectivity index (χ2v) is 6.78. The van der Waals surface area contributed by atoms with Gasteiger partial charge in [0, 0.05) is 11.0 Å². The van der Waals surface area contributed by atoms with E-state index in [-0.39, 0.29) is 17.0 Å². The maximum atomic E-state index is 12.0. The predicted molar refractivity (Wildman–Crippen MR) is 73.2 cm³/mol. The van der Waals surface area contributed by atoms with Gasteiger partial charge in [0.2, 0.25) is 0 Å². The van der Waals surface area contributed by atoms with Crippen LogP contribution in [0.5, 0.6) is 0 Å². The topological polar surface area (TPSA) is 26.3 Å². The zero-order valence-corrected chi connectivity index (χ0v) is 12.1. The first-order valence-corrected chi connectivity index (χ1v) is 7.28. The van der Waals surface area contributed by atoms with Crippen molar-refractivity contribution in [2.75, 3.05) is 0 Å². The second kappa shape index (κ2) is 4.71. The van der Waals surface area contributed by atoms with Crippen LogP contribution in [0.25, 0.3) is 0 Å². The number of esters is 1. The van der Waals surface area contributed by atoms with Crippen molar-refractivity contribution in [3.63, 3.8) is 0 Å². The van der Waals surface area contributed by atoms with E-state index in [0.29, 0.717) is 11.5 Å². The lowest BCUT2D eigenvalue weighted by molar-refractivity contribution is -0.176. The van der Waals surface area contributed by atoms with Crippen LogP contribution in [0.3, 0.4) is 0 Å². The van der Waals surface area contributed by atoms with Gasteiger partial charge in [0.15, 0.2) is 0 Å². The van der Waals surface area contributed by atoms with Crippen LogP contribution < -0.4 is 0 Å². The average molecular weight is 250 g/mol. The molecule has 18 heavy (non-hydrogen) atoms. The van der Waals surface area contributed by atoms with Crippen molar-refractivity contribution in [3.05, 3.63) is 12.2 Å². The van der Waals surface area contributed by atoms with E-state index in [1.54, 1.807) is 6.92 Å². The van der Waals surface area contributed by atoms with Gasteiger partial charge >= 0.3 is 5.97 Å². The Bertz CT molecular complexity index is 350. The molecular weight excluding hydrogens is 224 g/mol. The molecule has 102 valence electrons. The molecule has 0 saturated heterocycles. The van der Waals surface area contributed by atoms with Gasteiger partial charge in [-0.2, -0.15) is 0 Å². The van der Waals surface area contributed by atoms with E-state index in [0.717, 1.165) is 12.8 Å². The van der Waals surface area contributed by atoms with Crippen molar-refractivity contribution < 1.29 is 9.53 Å². The molecule has 0 aliphatic heterocycles. The summed E-state index contributed by atoms with van der Waals surface area (Å²) in [6.45, 7) is 10.0. The van der Waals surface area contributed by atoms with Crippen LogP contribution in [0.15, 0.2) is 12.2 Å². The third kappa shape index (κ3) is 2.10. The molecule has 2 saturated carbocycles. The van der Waals surface area contributed by atoms with Crippen molar-refractivity contribution in [2.45, 2.75) is 71.3 Å². The summed E-state index contributed by atoms with van der Waals surface area (Å²) < 4.78 is 6.02. The highest BCUT2D eigenvalue weighted by Gasteiger charge is 2.56. The summed E-state index contributed by atoms with van der Waals surface area (Å²) in [4.78, 5) is 12.0. The number of ether oxygens (including phenoxy) is 1. The van der Waals surface area contributed by atoms with Gasteiger partial charge in [-0.25, -0.2) is 4.79 Å². The molecule has 0 N–H and O–H groups in total. The van der Waals surface area contributed by atoms with Crippen molar-refractivity contribution in [1.82, 2.24) is 0 Å². The fraction of sp³-hybridized carbons (Fsp3) is 0.812. The smallest absolute Gasteiger partial charge is 0.333 e. The van der Waals surface area contributed by atoms with E-state index in [1.165, 1.54) is 32.1 Å². The third-order valence-corrected chi connectivity index (χ3v) is 5.13. The van der Waals surface area contributed by atoms with E-state index in [9.17, 15) is 4.79 Å². The highest BCUT2D eigenvalue weighted by molar-refractivity contribution is 5.87. The van der Waals surface area contributed by atoms with Crippen molar-refractivity contribution in [3.8, 4) is 0 Å². The molecule has 0 aromatic carbocycles. The molecule has 0 radical (unpaired) electrons. The van der Waals surface area contributed by atoms with Gasteiger partial charge in [-0.1, -0.05) is 33.3 Å². The highest BCUT2D eigenvalue weighted by Crippen LogP contribution is 2.56. The zero-order valence-electron chi connectivity index (χ0n) is 12.1. The molecule has 0 heterocycles. The molecule has 0 bridgehead atoms. The van der Waals surface area contributed by atoms with Gasteiger partial charge in [-0.3, -0.25) is 0 Å². The molecule has 0 aromatic rings. The Labute approximate surface area is 111 Å². The first kappa shape index (κ1) is 13.6. The normalized spacial score (nSPS) is 31.5. The second-order valence-electron chi connectivity index (χ2n) is 6.78. The number of rotatable bonds is 3. The maximum Gasteiger partial charge on any atom is 0.333 e. The first-order valence-electron chi connectivity index (χ1n) is 7.28. The molecule has 0 aromatic heterocycles. The Morgan fingerprint density at radius 3 is 2.22 bits per heavy atom. The molecule has 1 unspecified atom stereocenters. The van der Waals surface area contributed by atoms with Crippen molar-refractivity contribution >= 4 is 5.97 Å². The summed E-state index contributed by atoms with van der Waals surface area (Å²) in [7, 11) is 0. The van der Waals surface area contributed by atoms with Crippen LogP contribution in [0, 0.1) is 11.3 Å². The van der Waals surface area contributed by atoms with Crippen LogP contribution in [-0.2, 0) is 9.53 Å². The summed E-state index contributed by atoms with van der Waals surface area (Å²) in [6, 6.07) is 0. The van der Waals surface area contributed by atoms with Crippen LogP contribution >= 0.6 is 0 Å². The molecule has 2 aliphatic carbocycles. The van der Waals surface area contributed by atoms with E-state index in [1.807, 2.05) is 0 Å². The number of hydrogen-bond donors (Lipinski definition) is 0. The fourth-order valence-electron chi connectivity index (χ4n) is 4.02. The fourth-order valence-corrected chi connectivity index (χ4v) is 4.02. The van der Waals surface area contributed by atoms with E-state index in [4.69, 9.17) is 4.74 Å². The molecule has 2 aliphatic rings. The molecule has 0 spiro atoms. The van der Waals surface area contributed by atoms with Crippen LogP contribution in [0.1, 0.15) is 65.7 Å². The minimum absolute atomic E-state index is 0.104. The first-order chi connectivity index (χ1) is 8.39. The Morgan fingerprint density at radius 1 is 1.17 bits per heavy atom. The molecular formula is C16H26O2. The average Bonchev–Trinajstić information content (AvgIpc) is 2.87. The third-order valence-electron chi connectivity index (χ3n) is 5.13. The monoisotopic (exact) mass is 250 g/mol. The Morgan fingerprint density at radius 2 is 1.78 bits per heavy atom. The summed E-state index contributed by atoms with van der Waals surface area (Å²) in [5.41, 5.74) is 0.391. The SMILES string of the molecule is C=C(C)C(=O)OC1(C2CCCC2)CCCC1(C)C. The molecule has 1 atom stereocenters. The van der Waals surface area contributed by atoms with Gasteiger partial charge in [-0.15, -0.1) is 0 Å². The maximum absolute atomic E-state index is 12.0. The summed E-state index contributed by atoms with van der Waals surface area (Å²) in [5, 5.41) is 0. The Hall–Kier alpha value is -0.790. The van der Waals surface area contributed by atoms with Gasteiger partial charge < -0.3 is 4.74 Å². The predicted octanol–water partition coefficient (Wildman–Crippen LogP) is 4.24. The Kier molecular flexibility index (Phi) is 3.57. The Balaban J connectivity index is 2.28. The number of hydrogen-bond acceptors (Lipinski definition) is 2. The van der Waals surface area contributed by atoms with Gasteiger partial charge in [0.05, 0.1) is 0 Å². The highest BCUT2D eigenvalue weighted by atomic mass is 16.6. The molecule has 2 rings (SSSR count). The van der Waals surface area contributed by atoms with Gasteiger partial charge in [0.1, 0.15) is 5.60 Å². The lowest BCUT2D eigenvalue weighted by Crippen LogP contribution is -2.49. The minimum atomic E-state index is -0.237. The zero-order chi connectivity index (χ0) is 13.4. The largest absolute Gasteiger partial charge is 0.455 e. The standard InChI is InChI=1S/C16H26O2/c1-12(2)14(17)18-16(13-8-5-6-9-13)11-7-10-15(16,3)4/h13H,1,5-11H2,2-4H3. The van der Waals surface area contributed by atoms with E-state index in [2.05, 4.69) is 20.4 Å². The van der Waals surface area contributed by atoms with Gasteiger partial charge in [-0.05, 0) is 44.9 Å². The summed E-state index contributed by atoms with van der Waals surface area (Å²) in [5.74, 6) is 0.357. The van der Waals surface area contributed by atoms with Crippen LogP contribution in [0.4, 0.5) is 0 Å². The molecule has 0 amide bonds. The number of carbonyl (C=O) groups excluding carboxylic acids is 1. The lowest BCUT2D eigenvalue weighted by atomic mass is 9.69. The van der Waals surface area contributed by atoms with Crippen molar-refractivity contribution in [1.29, 1.82) is 0 Å². The molecule has 2 fully saturated rings. The van der Waals surface area contributed by atoms with E-state index >= 15 is 0 Å². The van der Waals surface area contributed by atoms with Crippen LogP contribution in [0.2, 0.25) is 0 Å². The lowest BCUT2D eigenvalue weighted by Gasteiger charge is -2.45. The van der Waals surface area contributed by atoms with Crippen molar-refractivity contribution in [2.24, 2.45) is 11.3 Å².